The van der Waals surface area contributed by atoms with Crippen molar-refractivity contribution in [3.05, 3.63) is 23.4 Å². The van der Waals surface area contributed by atoms with Gasteiger partial charge in [0, 0.05) is 32.2 Å². The number of aryl methyl sites for hydroxylation is 1. The molecule has 0 aliphatic carbocycles. The zero-order valence-electron chi connectivity index (χ0n) is 13.6. The molecular formula is C17H22N4O2. The molecule has 3 rings (SSSR count). The van der Waals surface area contributed by atoms with Gasteiger partial charge in [0.25, 0.3) is 0 Å². The maximum Gasteiger partial charge on any atom is 0.228 e. The van der Waals surface area contributed by atoms with Crippen molar-refractivity contribution in [3.63, 3.8) is 0 Å². The minimum atomic E-state index is -0.391. The van der Waals surface area contributed by atoms with Crippen molar-refractivity contribution in [1.29, 1.82) is 5.26 Å². The van der Waals surface area contributed by atoms with E-state index < -0.39 is 5.41 Å². The number of amides is 1. The van der Waals surface area contributed by atoms with E-state index in [-0.39, 0.29) is 11.8 Å². The predicted octanol–water partition coefficient (Wildman–Crippen LogP) is 1.24. The summed E-state index contributed by atoms with van der Waals surface area (Å²) in [5, 5.41) is 12.0. The molecular weight excluding hydrogens is 292 g/mol. The van der Waals surface area contributed by atoms with Crippen LogP contribution in [0.4, 0.5) is 5.82 Å². The smallest absolute Gasteiger partial charge is 0.228 e. The van der Waals surface area contributed by atoms with E-state index in [1.807, 2.05) is 19.9 Å². The van der Waals surface area contributed by atoms with Crippen LogP contribution in [-0.4, -0.2) is 43.7 Å². The Kier molecular flexibility index (Phi) is 4.22. The van der Waals surface area contributed by atoms with Crippen LogP contribution in [-0.2, 0) is 9.53 Å². The van der Waals surface area contributed by atoms with Gasteiger partial charge in [-0.05, 0) is 32.4 Å². The normalized spacial score (nSPS) is 26.5. The number of hydrogen-bond acceptors (Lipinski definition) is 5. The van der Waals surface area contributed by atoms with Gasteiger partial charge in [0.05, 0.1) is 23.3 Å². The van der Waals surface area contributed by atoms with Crippen molar-refractivity contribution in [2.45, 2.75) is 20.3 Å². The summed E-state index contributed by atoms with van der Waals surface area (Å²) in [7, 11) is 0. The highest BCUT2D eigenvalue weighted by Gasteiger charge is 2.53. The summed E-state index contributed by atoms with van der Waals surface area (Å²) in [6, 6.07) is 5.81. The summed E-state index contributed by atoms with van der Waals surface area (Å²) in [5.74, 6) is 1.14. The van der Waals surface area contributed by atoms with Gasteiger partial charge in [-0.2, -0.15) is 5.26 Å². The predicted molar refractivity (Wildman–Crippen MR) is 85.9 cm³/mol. The van der Waals surface area contributed by atoms with E-state index in [9.17, 15) is 4.79 Å². The Morgan fingerprint density at radius 1 is 1.61 bits per heavy atom. The molecule has 122 valence electrons. The van der Waals surface area contributed by atoms with Crippen molar-refractivity contribution >= 4 is 11.7 Å². The van der Waals surface area contributed by atoms with Crippen LogP contribution < -0.4 is 10.2 Å². The number of fused-ring (bicyclic) bond motifs is 1. The molecule has 2 atom stereocenters. The van der Waals surface area contributed by atoms with E-state index >= 15 is 0 Å². The molecule has 2 aliphatic rings. The Morgan fingerprint density at radius 3 is 3.13 bits per heavy atom. The summed E-state index contributed by atoms with van der Waals surface area (Å²) in [6.45, 7) is 7.09. The van der Waals surface area contributed by atoms with Gasteiger partial charge in [-0.1, -0.05) is 0 Å². The zero-order chi connectivity index (χ0) is 16.4. The Bertz CT molecular complexity index is 654. The van der Waals surface area contributed by atoms with Gasteiger partial charge in [0.15, 0.2) is 0 Å². The Balaban J connectivity index is 1.88. The van der Waals surface area contributed by atoms with Gasteiger partial charge < -0.3 is 15.0 Å². The monoisotopic (exact) mass is 314 g/mol. The Hall–Kier alpha value is -2.13. The molecule has 0 aromatic carbocycles. The quantitative estimate of drug-likeness (QED) is 0.908. The van der Waals surface area contributed by atoms with Crippen LogP contribution in [0, 0.1) is 29.6 Å². The van der Waals surface area contributed by atoms with Crippen LogP contribution in [0.3, 0.4) is 0 Å². The largest absolute Gasteiger partial charge is 0.381 e. The number of rotatable bonds is 3. The van der Waals surface area contributed by atoms with Crippen LogP contribution in [0.1, 0.15) is 24.6 Å². The molecule has 23 heavy (non-hydrogen) atoms. The maximum atomic E-state index is 12.7. The second-order valence-electron chi connectivity index (χ2n) is 6.33. The van der Waals surface area contributed by atoms with E-state index in [2.05, 4.69) is 21.3 Å². The standard InChI is InChI=1S/C17H22N4O2/c1-3-19-16(22)17-6-7-23-10-14(17)9-21(11-17)15-5-4-13(8-18)12(2)20-15/h4-5,14H,3,6-7,9-11H2,1-2H3,(H,19,22). The van der Waals surface area contributed by atoms with Gasteiger partial charge >= 0.3 is 0 Å². The first kappa shape index (κ1) is 15.8. The number of nitrogens with zero attached hydrogens (tertiary/aromatic N) is 3. The third-order valence-electron chi connectivity index (χ3n) is 5.01. The lowest BCUT2D eigenvalue weighted by atomic mass is 9.73. The molecule has 2 saturated heterocycles. The first-order valence-electron chi connectivity index (χ1n) is 8.09. The molecule has 3 heterocycles. The van der Waals surface area contributed by atoms with Crippen molar-refractivity contribution < 1.29 is 9.53 Å². The van der Waals surface area contributed by atoms with Crippen molar-refractivity contribution in [2.75, 3.05) is 37.7 Å². The lowest BCUT2D eigenvalue weighted by molar-refractivity contribution is -0.138. The fourth-order valence-electron chi connectivity index (χ4n) is 3.67. The van der Waals surface area contributed by atoms with E-state index in [1.165, 1.54) is 0 Å². The lowest BCUT2D eigenvalue weighted by Crippen LogP contribution is -2.50. The number of aromatic nitrogens is 1. The van der Waals surface area contributed by atoms with Gasteiger partial charge in [-0.3, -0.25) is 4.79 Å². The highest BCUT2D eigenvalue weighted by molar-refractivity contribution is 5.84. The molecule has 1 amide bonds. The minimum absolute atomic E-state index is 0.126. The maximum absolute atomic E-state index is 12.7. The summed E-state index contributed by atoms with van der Waals surface area (Å²) >= 11 is 0. The second-order valence-corrected chi connectivity index (χ2v) is 6.33. The molecule has 0 bridgehead atoms. The lowest BCUT2D eigenvalue weighted by Gasteiger charge is -2.36. The highest BCUT2D eigenvalue weighted by Crippen LogP contribution is 2.43. The van der Waals surface area contributed by atoms with Crippen LogP contribution in [0.5, 0.6) is 0 Å². The van der Waals surface area contributed by atoms with E-state index in [0.717, 1.165) is 24.5 Å². The molecule has 1 N–H and O–H groups in total. The van der Waals surface area contributed by atoms with Crippen LogP contribution in [0.2, 0.25) is 0 Å². The molecule has 0 radical (unpaired) electrons. The third kappa shape index (κ3) is 2.66. The number of pyridine rings is 1. The molecule has 1 aromatic heterocycles. The highest BCUT2D eigenvalue weighted by atomic mass is 16.5. The summed E-state index contributed by atoms with van der Waals surface area (Å²) in [5.41, 5.74) is 0.924. The minimum Gasteiger partial charge on any atom is -0.381 e. The number of nitrogens with one attached hydrogen (secondary N) is 1. The number of ether oxygens (including phenoxy) is 1. The van der Waals surface area contributed by atoms with Crippen molar-refractivity contribution in [1.82, 2.24) is 10.3 Å². The van der Waals surface area contributed by atoms with Gasteiger partial charge in [-0.15, -0.1) is 0 Å². The summed E-state index contributed by atoms with van der Waals surface area (Å²) in [4.78, 5) is 19.4. The average molecular weight is 314 g/mol. The first-order valence-corrected chi connectivity index (χ1v) is 8.09. The van der Waals surface area contributed by atoms with Crippen molar-refractivity contribution in [3.8, 4) is 6.07 Å². The molecule has 2 aliphatic heterocycles. The van der Waals surface area contributed by atoms with Crippen LogP contribution in [0.15, 0.2) is 12.1 Å². The molecule has 2 unspecified atom stereocenters. The Labute approximate surface area is 136 Å². The van der Waals surface area contributed by atoms with E-state index in [0.29, 0.717) is 31.9 Å². The second kappa shape index (κ2) is 6.17. The Morgan fingerprint density at radius 2 is 2.43 bits per heavy atom. The number of anilines is 1. The molecule has 1 aromatic rings. The van der Waals surface area contributed by atoms with Crippen LogP contribution >= 0.6 is 0 Å². The number of carbonyl (C=O) groups excluding carboxylic acids is 1. The van der Waals surface area contributed by atoms with Gasteiger partial charge in [0.2, 0.25) is 5.91 Å². The average Bonchev–Trinajstić information content (AvgIpc) is 2.96. The number of nitriles is 1. The molecule has 2 fully saturated rings. The summed E-state index contributed by atoms with van der Waals surface area (Å²) in [6.07, 6.45) is 0.745. The van der Waals surface area contributed by atoms with E-state index in [1.54, 1.807) is 6.07 Å². The molecule has 0 spiro atoms. The van der Waals surface area contributed by atoms with Gasteiger partial charge in [-0.25, -0.2) is 4.98 Å². The fraction of sp³-hybridized carbons (Fsp3) is 0.588. The summed E-state index contributed by atoms with van der Waals surface area (Å²) < 4.78 is 5.61. The first-order chi connectivity index (χ1) is 11.1. The topological polar surface area (TPSA) is 78.2 Å². The molecule has 6 heteroatoms. The molecule has 0 saturated carbocycles. The van der Waals surface area contributed by atoms with Crippen LogP contribution in [0.25, 0.3) is 0 Å². The fourth-order valence-corrected chi connectivity index (χ4v) is 3.67. The van der Waals surface area contributed by atoms with Gasteiger partial charge in [0.1, 0.15) is 11.9 Å². The zero-order valence-corrected chi connectivity index (χ0v) is 13.6. The third-order valence-corrected chi connectivity index (χ3v) is 5.01. The van der Waals surface area contributed by atoms with Crippen molar-refractivity contribution in [2.24, 2.45) is 11.3 Å². The van der Waals surface area contributed by atoms with E-state index in [4.69, 9.17) is 10.00 Å². The SMILES string of the molecule is CCNC(=O)C12CCOCC1CN(c1ccc(C#N)c(C)n1)C2. The molecule has 6 nitrogen and oxygen atoms in total. The number of carbonyl (C=O) groups is 1. The number of hydrogen-bond donors (Lipinski definition) is 1.